The van der Waals surface area contributed by atoms with Crippen LogP contribution in [0.25, 0.3) is 0 Å². The highest BCUT2D eigenvalue weighted by Gasteiger charge is 2.20. The van der Waals surface area contributed by atoms with E-state index in [9.17, 15) is 14.9 Å². The summed E-state index contributed by atoms with van der Waals surface area (Å²) in [6.07, 6.45) is 0.738. The predicted molar refractivity (Wildman–Crippen MR) is 67.1 cm³/mol. The van der Waals surface area contributed by atoms with Gasteiger partial charge in [0, 0.05) is 12.6 Å². The molecule has 1 aromatic carbocycles. The molecule has 0 radical (unpaired) electrons. The molecule has 3 N–H and O–H groups in total. The fourth-order valence-corrected chi connectivity index (χ4v) is 1.53. The number of nitrogens with zero attached hydrogens (tertiary/aromatic N) is 1. The zero-order valence-electron chi connectivity index (χ0n) is 9.97. The van der Waals surface area contributed by atoms with Gasteiger partial charge in [-0.15, -0.1) is 0 Å². The van der Waals surface area contributed by atoms with Crippen molar-refractivity contribution in [3.8, 4) is 0 Å². The summed E-state index contributed by atoms with van der Waals surface area (Å²) in [5.74, 6) is -1.19. The fraction of sp³-hybridized carbons (Fsp3) is 0.364. The van der Waals surface area contributed by atoms with Crippen molar-refractivity contribution in [2.24, 2.45) is 0 Å². The number of hydrogen-bond acceptors (Lipinski definition) is 5. The molecule has 0 saturated carbocycles. The summed E-state index contributed by atoms with van der Waals surface area (Å²) >= 11 is 0. The van der Waals surface area contributed by atoms with Crippen LogP contribution in [0.5, 0.6) is 0 Å². The minimum atomic E-state index is -1.19. The van der Waals surface area contributed by atoms with E-state index in [-0.39, 0.29) is 16.9 Å². The molecular weight excluding hydrogens is 238 g/mol. The third kappa shape index (κ3) is 3.42. The molecule has 1 aromatic rings. The van der Waals surface area contributed by atoms with Crippen LogP contribution in [0, 0.1) is 10.1 Å². The minimum Gasteiger partial charge on any atom is -0.478 e. The van der Waals surface area contributed by atoms with Gasteiger partial charge in [0.2, 0.25) is 0 Å². The lowest BCUT2D eigenvalue weighted by Gasteiger charge is -2.09. The van der Waals surface area contributed by atoms with E-state index in [2.05, 4.69) is 10.6 Å². The number of para-hydroxylation sites is 1. The van der Waals surface area contributed by atoms with E-state index in [1.165, 1.54) is 18.2 Å². The highest BCUT2D eigenvalue weighted by molar-refractivity contribution is 5.96. The summed E-state index contributed by atoms with van der Waals surface area (Å²) in [6, 6.07) is 3.99. The number of anilines is 1. The normalized spacial score (nSPS) is 10.1. The number of rotatable bonds is 7. The average molecular weight is 253 g/mol. The van der Waals surface area contributed by atoms with Gasteiger partial charge in [0.25, 0.3) is 5.69 Å². The molecule has 7 nitrogen and oxygen atoms in total. The topological polar surface area (TPSA) is 104 Å². The first-order valence-electron chi connectivity index (χ1n) is 5.47. The molecule has 0 fully saturated rings. The first-order chi connectivity index (χ1) is 8.57. The number of carboxylic acid groups (broad SMARTS) is 1. The van der Waals surface area contributed by atoms with Gasteiger partial charge in [-0.2, -0.15) is 0 Å². The van der Waals surface area contributed by atoms with E-state index < -0.39 is 10.9 Å². The van der Waals surface area contributed by atoms with Crippen molar-refractivity contribution >= 4 is 17.3 Å². The first-order valence-corrected chi connectivity index (χ1v) is 5.47. The van der Waals surface area contributed by atoms with Crippen LogP contribution in [0.1, 0.15) is 16.8 Å². The molecule has 0 bridgehead atoms. The Morgan fingerprint density at radius 2 is 2.17 bits per heavy atom. The second kappa shape index (κ2) is 6.55. The van der Waals surface area contributed by atoms with E-state index in [1.54, 1.807) is 7.05 Å². The second-order valence-corrected chi connectivity index (χ2v) is 3.65. The van der Waals surface area contributed by atoms with Crippen molar-refractivity contribution in [2.45, 2.75) is 6.42 Å². The highest BCUT2D eigenvalue weighted by Crippen LogP contribution is 2.28. The summed E-state index contributed by atoms with van der Waals surface area (Å²) in [6.45, 7) is 1.21. The summed E-state index contributed by atoms with van der Waals surface area (Å²) in [7, 11) is 1.80. The van der Waals surface area contributed by atoms with Crippen LogP contribution in [0.3, 0.4) is 0 Å². The summed E-state index contributed by atoms with van der Waals surface area (Å²) in [4.78, 5) is 21.3. The number of hydrogen-bond donors (Lipinski definition) is 3. The van der Waals surface area contributed by atoms with Gasteiger partial charge in [0.1, 0.15) is 5.69 Å². The number of nitrogens with one attached hydrogen (secondary N) is 2. The molecule has 0 unspecified atom stereocenters. The Labute approximate surface area is 104 Å². The van der Waals surface area contributed by atoms with Crippen molar-refractivity contribution in [1.29, 1.82) is 0 Å². The maximum atomic E-state index is 11.0. The van der Waals surface area contributed by atoms with E-state index in [0.29, 0.717) is 6.54 Å². The molecule has 0 spiro atoms. The van der Waals surface area contributed by atoms with Crippen LogP contribution in [-0.4, -0.2) is 36.1 Å². The first kappa shape index (κ1) is 13.9. The average Bonchev–Trinajstić information content (AvgIpc) is 2.34. The molecule has 0 aliphatic rings. The van der Waals surface area contributed by atoms with E-state index in [1.807, 2.05) is 0 Å². The van der Waals surface area contributed by atoms with Crippen LogP contribution in [0.4, 0.5) is 11.4 Å². The predicted octanol–water partition coefficient (Wildman–Crippen LogP) is 1.31. The Bertz CT molecular complexity index is 416. The van der Waals surface area contributed by atoms with Crippen LogP contribution < -0.4 is 10.6 Å². The smallest absolute Gasteiger partial charge is 0.338 e. The van der Waals surface area contributed by atoms with Gasteiger partial charge >= 0.3 is 5.97 Å². The zero-order valence-corrected chi connectivity index (χ0v) is 9.97. The molecule has 0 aromatic heterocycles. The molecule has 0 aliphatic heterocycles. The molecule has 0 amide bonds. The molecule has 0 aliphatic carbocycles. The summed E-state index contributed by atoms with van der Waals surface area (Å²) in [5, 5.41) is 25.6. The zero-order chi connectivity index (χ0) is 13.5. The van der Waals surface area contributed by atoms with E-state index >= 15 is 0 Å². The van der Waals surface area contributed by atoms with Crippen molar-refractivity contribution in [1.82, 2.24) is 5.32 Å². The molecule has 7 heteroatoms. The number of carboxylic acids is 1. The van der Waals surface area contributed by atoms with Crippen LogP contribution >= 0.6 is 0 Å². The van der Waals surface area contributed by atoms with Gasteiger partial charge in [-0.1, -0.05) is 6.07 Å². The Morgan fingerprint density at radius 3 is 2.72 bits per heavy atom. The van der Waals surface area contributed by atoms with Crippen LogP contribution in [0.15, 0.2) is 18.2 Å². The lowest BCUT2D eigenvalue weighted by molar-refractivity contribution is -0.384. The quantitative estimate of drug-likeness (QED) is 0.384. The van der Waals surface area contributed by atoms with Gasteiger partial charge in [0.15, 0.2) is 0 Å². The second-order valence-electron chi connectivity index (χ2n) is 3.65. The summed E-state index contributed by atoms with van der Waals surface area (Å²) < 4.78 is 0. The number of aromatic carboxylic acids is 1. The van der Waals surface area contributed by atoms with E-state index in [0.717, 1.165) is 13.0 Å². The van der Waals surface area contributed by atoms with Crippen molar-refractivity contribution in [3.05, 3.63) is 33.9 Å². The SMILES string of the molecule is CNCCCNc1c(C(=O)O)cccc1[N+](=O)[O-]. The molecule has 0 heterocycles. The molecule has 0 saturated heterocycles. The van der Waals surface area contributed by atoms with Crippen molar-refractivity contribution in [3.63, 3.8) is 0 Å². The molecule has 18 heavy (non-hydrogen) atoms. The Balaban J connectivity index is 2.96. The largest absolute Gasteiger partial charge is 0.478 e. The Morgan fingerprint density at radius 1 is 1.44 bits per heavy atom. The number of nitro benzene ring substituents is 1. The highest BCUT2D eigenvalue weighted by atomic mass is 16.6. The van der Waals surface area contributed by atoms with Gasteiger partial charge in [-0.05, 0) is 26.1 Å². The van der Waals surface area contributed by atoms with Crippen molar-refractivity contribution in [2.75, 3.05) is 25.5 Å². The van der Waals surface area contributed by atoms with E-state index in [4.69, 9.17) is 5.11 Å². The maximum absolute atomic E-state index is 11.0. The Kier molecular flexibility index (Phi) is 5.06. The monoisotopic (exact) mass is 253 g/mol. The molecular formula is C11H15N3O4. The van der Waals surface area contributed by atoms with Crippen molar-refractivity contribution < 1.29 is 14.8 Å². The Hall–Kier alpha value is -2.15. The molecule has 98 valence electrons. The van der Waals surface area contributed by atoms with Gasteiger partial charge in [-0.3, -0.25) is 10.1 Å². The maximum Gasteiger partial charge on any atom is 0.338 e. The minimum absolute atomic E-state index is 0.0612. The van der Waals surface area contributed by atoms with Gasteiger partial charge < -0.3 is 15.7 Å². The van der Waals surface area contributed by atoms with Crippen LogP contribution in [-0.2, 0) is 0 Å². The molecule has 0 atom stereocenters. The number of carbonyl (C=O) groups is 1. The van der Waals surface area contributed by atoms with Gasteiger partial charge in [-0.25, -0.2) is 4.79 Å². The fourth-order valence-electron chi connectivity index (χ4n) is 1.53. The lowest BCUT2D eigenvalue weighted by Crippen LogP contribution is -2.15. The third-order valence-corrected chi connectivity index (χ3v) is 2.37. The number of nitro groups is 1. The van der Waals surface area contributed by atoms with Crippen LogP contribution in [0.2, 0.25) is 0 Å². The lowest BCUT2D eigenvalue weighted by atomic mass is 10.1. The van der Waals surface area contributed by atoms with Gasteiger partial charge in [0.05, 0.1) is 10.5 Å². The third-order valence-electron chi connectivity index (χ3n) is 2.37. The molecule has 1 rings (SSSR count). The standard InChI is InChI=1S/C11H15N3O4/c1-12-6-3-7-13-10-8(11(15)16)4-2-5-9(10)14(17)18/h2,4-5,12-13H,3,6-7H2,1H3,(H,15,16). The number of benzene rings is 1. The summed E-state index contributed by atoms with van der Waals surface area (Å²) in [5.41, 5.74) is -0.251.